The van der Waals surface area contributed by atoms with Crippen LogP contribution < -0.4 is 16.4 Å². The number of hydrogen-bond donors (Lipinski definition) is 3. The third kappa shape index (κ3) is 8.04. The van der Waals surface area contributed by atoms with Gasteiger partial charge in [-0.1, -0.05) is 6.07 Å². The van der Waals surface area contributed by atoms with Gasteiger partial charge in [-0.15, -0.1) is 0 Å². The molecule has 0 saturated carbocycles. The summed E-state index contributed by atoms with van der Waals surface area (Å²) in [5.41, 5.74) is 6.98. The van der Waals surface area contributed by atoms with Gasteiger partial charge in [0.2, 0.25) is 17.7 Å². The third-order valence-corrected chi connectivity index (χ3v) is 7.66. The number of rotatable bonds is 9. The van der Waals surface area contributed by atoms with Crippen LogP contribution in [0.2, 0.25) is 0 Å². The van der Waals surface area contributed by atoms with Gasteiger partial charge in [-0.05, 0) is 71.7 Å². The third-order valence-electron chi connectivity index (χ3n) is 7.66. The van der Waals surface area contributed by atoms with Crippen molar-refractivity contribution in [2.45, 2.75) is 83.5 Å². The normalized spacial score (nSPS) is 20.0. The van der Waals surface area contributed by atoms with Gasteiger partial charge in [-0.2, -0.15) is 0 Å². The Balaban J connectivity index is 1.32. The molecule has 41 heavy (non-hydrogen) atoms. The molecule has 1 unspecified atom stereocenters. The molecule has 0 bridgehead atoms. The van der Waals surface area contributed by atoms with E-state index >= 15 is 0 Å². The van der Waals surface area contributed by atoms with E-state index in [1.54, 1.807) is 23.1 Å². The predicted molar refractivity (Wildman–Crippen MR) is 152 cm³/mol. The van der Waals surface area contributed by atoms with E-state index in [1.165, 1.54) is 4.90 Å². The van der Waals surface area contributed by atoms with Crippen molar-refractivity contribution < 1.29 is 28.7 Å². The fourth-order valence-electron chi connectivity index (χ4n) is 5.41. The zero-order valence-electron chi connectivity index (χ0n) is 24.2. The number of fused-ring (bicyclic) bond motifs is 1. The number of piperidine rings is 2. The van der Waals surface area contributed by atoms with Gasteiger partial charge in [0.05, 0.1) is 0 Å². The zero-order valence-corrected chi connectivity index (χ0v) is 24.2. The molecule has 4 N–H and O–H groups in total. The van der Waals surface area contributed by atoms with Crippen LogP contribution in [0.3, 0.4) is 0 Å². The molecule has 3 heterocycles. The van der Waals surface area contributed by atoms with Crippen LogP contribution in [0.4, 0.5) is 10.5 Å². The predicted octanol–water partition coefficient (Wildman–Crippen LogP) is 1.83. The number of hydrogen-bond acceptors (Lipinski definition) is 8. The zero-order chi connectivity index (χ0) is 29.7. The van der Waals surface area contributed by atoms with E-state index in [1.807, 2.05) is 20.8 Å². The number of ether oxygens (including phenoxy) is 1. The lowest BCUT2D eigenvalue weighted by molar-refractivity contribution is -0.137. The molecular formula is C29H42N6O6. The van der Waals surface area contributed by atoms with E-state index in [-0.39, 0.29) is 49.6 Å². The summed E-state index contributed by atoms with van der Waals surface area (Å²) in [7, 11) is 0. The quantitative estimate of drug-likeness (QED) is 0.380. The number of nitrogens with two attached hydrogens (primary N) is 1. The summed E-state index contributed by atoms with van der Waals surface area (Å²) in [4.78, 5) is 68.2. The Kier molecular flexibility index (Phi) is 9.64. The van der Waals surface area contributed by atoms with Gasteiger partial charge < -0.3 is 30.5 Å². The van der Waals surface area contributed by atoms with Crippen molar-refractivity contribution in [2.24, 2.45) is 5.73 Å². The largest absolute Gasteiger partial charge is 0.444 e. The maximum absolute atomic E-state index is 13.1. The Morgan fingerprint density at radius 3 is 2.54 bits per heavy atom. The SMILES string of the molecule is CC(C)(C)OC(=O)N(CCCC(=O)Nc1cccc2c1CN(C1CCC(=O)NC1=O)C2=O)CCN1CCC(N)CC1. The highest BCUT2D eigenvalue weighted by molar-refractivity contribution is 6.06. The van der Waals surface area contributed by atoms with E-state index in [2.05, 4.69) is 15.5 Å². The first-order valence-corrected chi connectivity index (χ1v) is 14.4. The number of amides is 5. The molecule has 224 valence electrons. The van der Waals surface area contributed by atoms with Crippen LogP contribution in [0.1, 0.15) is 75.2 Å². The maximum Gasteiger partial charge on any atom is 0.410 e. The first-order valence-electron chi connectivity index (χ1n) is 14.4. The summed E-state index contributed by atoms with van der Waals surface area (Å²) in [5, 5.41) is 5.20. The summed E-state index contributed by atoms with van der Waals surface area (Å²) in [6, 6.07) is 4.61. The van der Waals surface area contributed by atoms with E-state index < -0.39 is 23.6 Å². The van der Waals surface area contributed by atoms with Gasteiger partial charge in [0.15, 0.2) is 0 Å². The second-order valence-corrected chi connectivity index (χ2v) is 12.0. The molecule has 12 nitrogen and oxygen atoms in total. The summed E-state index contributed by atoms with van der Waals surface area (Å²) in [6.07, 6.45) is 2.52. The Morgan fingerprint density at radius 2 is 1.85 bits per heavy atom. The minimum Gasteiger partial charge on any atom is -0.444 e. The highest BCUT2D eigenvalue weighted by Crippen LogP contribution is 2.32. The molecule has 1 atom stereocenters. The van der Waals surface area contributed by atoms with Crippen molar-refractivity contribution in [1.82, 2.24) is 20.0 Å². The second-order valence-electron chi connectivity index (χ2n) is 12.0. The Bertz CT molecular complexity index is 1170. The molecule has 0 radical (unpaired) electrons. The van der Waals surface area contributed by atoms with E-state index in [9.17, 15) is 24.0 Å². The molecule has 1 aromatic carbocycles. The number of carbonyl (C=O) groups excluding carboxylic acids is 5. The molecule has 0 aromatic heterocycles. The molecule has 12 heteroatoms. The van der Waals surface area contributed by atoms with Crippen LogP contribution >= 0.6 is 0 Å². The van der Waals surface area contributed by atoms with Crippen LogP contribution in [-0.4, -0.2) is 94.8 Å². The maximum atomic E-state index is 13.1. The van der Waals surface area contributed by atoms with E-state index in [0.717, 1.165) is 25.9 Å². The number of nitrogens with zero attached hydrogens (tertiary/aromatic N) is 3. The Hall–Kier alpha value is -3.51. The molecule has 5 amide bonds. The molecule has 0 spiro atoms. The molecule has 0 aliphatic carbocycles. The van der Waals surface area contributed by atoms with Crippen LogP contribution in [0, 0.1) is 0 Å². The minimum atomic E-state index is -0.725. The average molecular weight is 571 g/mol. The lowest BCUT2D eigenvalue weighted by atomic mass is 10.0. The number of likely N-dealkylation sites (tertiary alicyclic amines) is 1. The first-order chi connectivity index (χ1) is 19.4. The van der Waals surface area contributed by atoms with Crippen molar-refractivity contribution in [3.63, 3.8) is 0 Å². The van der Waals surface area contributed by atoms with Crippen LogP contribution in [0.25, 0.3) is 0 Å². The summed E-state index contributed by atoms with van der Waals surface area (Å²) >= 11 is 0. The van der Waals surface area contributed by atoms with Crippen molar-refractivity contribution in [3.8, 4) is 0 Å². The number of benzene rings is 1. The van der Waals surface area contributed by atoms with Gasteiger partial charge in [0, 0.05) is 61.9 Å². The lowest BCUT2D eigenvalue weighted by Gasteiger charge is -2.33. The highest BCUT2D eigenvalue weighted by atomic mass is 16.6. The standard InChI is InChI=1S/C29H42N6O6/c1-29(2,3)41-28(40)34(17-16-33-14-11-19(30)12-15-33)13-5-8-24(36)31-22-7-4-6-20-21(22)18-35(27(20)39)23-9-10-25(37)32-26(23)38/h4,6-7,19,23H,5,8-18,30H2,1-3H3,(H,31,36)(H,32,37,38). The van der Waals surface area contributed by atoms with Gasteiger partial charge in [0.25, 0.3) is 5.91 Å². The Labute approximate surface area is 240 Å². The van der Waals surface area contributed by atoms with Crippen LogP contribution in [-0.2, 0) is 25.7 Å². The highest BCUT2D eigenvalue weighted by Gasteiger charge is 2.40. The van der Waals surface area contributed by atoms with Crippen molar-refractivity contribution in [1.29, 1.82) is 0 Å². The van der Waals surface area contributed by atoms with Crippen LogP contribution in [0.15, 0.2) is 18.2 Å². The molecule has 3 aliphatic rings. The van der Waals surface area contributed by atoms with Crippen molar-refractivity contribution in [3.05, 3.63) is 29.3 Å². The fraction of sp³-hybridized carbons (Fsp3) is 0.621. The molecule has 2 saturated heterocycles. The average Bonchev–Trinajstić information content (AvgIpc) is 3.23. The smallest absolute Gasteiger partial charge is 0.410 e. The Morgan fingerprint density at radius 1 is 1.12 bits per heavy atom. The topological polar surface area (TPSA) is 154 Å². The van der Waals surface area contributed by atoms with Crippen molar-refractivity contribution in [2.75, 3.05) is 38.0 Å². The van der Waals surface area contributed by atoms with E-state index in [0.29, 0.717) is 42.9 Å². The van der Waals surface area contributed by atoms with Crippen molar-refractivity contribution >= 4 is 35.4 Å². The van der Waals surface area contributed by atoms with Gasteiger partial charge >= 0.3 is 6.09 Å². The molecule has 4 rings (SSSR count). The number of carbonyl (C=O) groups is 5. The number of nitrogens with one attached hydrogen (secondary N) is 2. The number of imide groups is 1. The first kappa shape index (κ1) is 30.4. The summed E-state index contributed by atoms with van der Waals surface area (Å²) in [5.74, 6) is -1.36. The van der Waals surface area contributed by atoms with E-state index in [4.69, 9.17) is 10.5 Å². The number of anilines is 1. The fourth-order valence-corrected chi connectivity index (χ4v) is 5.41. The summed E-state index contributed by atoms with van der Waals surface area (Å²) < 4.78 is 5.61. The second kappa shape index (κ2) is 13.0. The lowest BCUT2D eigenvalue weighted by Crippen LogP contribution is -2.52. The van der Waals surface area contributed by atoms with Crippen LogP contribution in [0.5, 0.6) is 0 Å². The molecule has 2 fully saturated rings. The van der Waals surface area contributed by atoms with Gasteiger partial charge in [-0.3, -0.25) is 24.5 Å². The molecular weight excluding hydrogens is 528 g/mol. The van der Waals surface area contributed by atoms with Gasteiger partial charge in [0.1, 0.15) is 11.6 Å². The summed E-state index contributed by atoms with van der Waals surface area (Å²) in [6.45, 7) is 9.03. The minimum absolute atomic E-state index is 0.171. The molecule has 1 aromatic rings. The van der Waals surface area contributed by atoms with Gasteiger partial charge in [-0.25, -0.2) is 4.79 Å². The molecule has 3 aliphatic heterocycles. The monoisotopic (exact) mass is 570 g/mol.